The summed E-state index contributed by atoms with van der Waals surface area (Å²) in [4.78, 5) is 2.48. The minimum absolute atomic E-state index is 0.584. The molecular weight excluding hydrogens is 346 g/mol. The van der Waals surface area contributed by atoms with E-state index >= 15 is 0 Å². The lowest BCUT2D eigenvalue weighted by Crippen LogP contribution is -2.32. The molecule has 140 valence electrons. The molecule has 1 aliphatic rings. The van der Waals surface area contributed by atoms with Crippen LogP contribution in [-0.2, 0) is 5.60 Å². The number of benzene rings is 2. The third-order valence-electron chi connectivity index (χ3n) is 5.15. The first kappa shape index (κ1) is 19.2. The van der Waals surface area contributed by atoms with Crippen molar-refractivity contribution in [3.05, 3.63) is 59.1 Å². The molecule has 1 aliphatic heterocycles. The summed E-state index contributed by atoms with van der Waals surface area (Å²) in [6, 6.07) is 15.1. The molecule has 0 bridgehead atoms. The minimum atomic E-state index is -0.838. The monoisotopic (exact) mass is 373 g/mol. The van der Waals surface area contributed by atoms with Crippen molar-refractivity contribution in [2.75, 3.05) is 19.6 Å². The first-order chi connectivity index (χ1) is 12.5. The molecule has 0 saturated carbocycles. The van der Waals surface area contributed by atoms with Crippen LogP contribution in [0, 0.1) is 0 Å². The van der Waals surface area contributed by atoms with Crippen molar-refractivity contribution in [3.8, 4) is 11.5 Å². The summed E-state index contributed by atoms with van der Waals surface area (Å²) in [5.41, 5.74) is 0.0775. The highest BCUT2D eigenvalue weighted by Gasteiger charge is 2.24. The summed E-state index contributed by atoms with van der Waals surface area (Å²) in [5.74, 6) is 1.35. The van der Waals surface area contributed by atoms with Crippen LogP contribution in [0.25, 0.3) is 0 Å². The Balaban J connectivity index is 1.60. The highest BCUT2D eigenvalue weighted by Crippen LogP contribution is 2.31. The molecule has 1 unspecified atom stereocenters. The van der Waals surface area contributed by atoms with Gasteiger partial charge >= 0.3 is 0 Å². The predicted molar refractivity (Wildman–Crippen MR) is 107 cm³/mol. The normalized spacial score (nSPS) is 18.1. The van der Waals surface area contributed by atoms with E-state index in [-0.39, 0.29) is 0 Å². The molecule has 1 N–H and O–H groups in total. The number of nitrogens with zero attached hydrogens (tertiary/aromatic N) is 1. The van der Waals surface area contributed by atoms with E-state index in [2.05, 4.69) is 4.90 Å². The summed E-state index contributed by atoms with van der Waals surface area (Å²) in [6.07, 6.45) is 5.95. The van der Waals surface area contributed by atoms with Crippen LogP contribution in [0.5, 0.6) is 11.5 Å². The fraction of sp³-hybridized carbons (Fsp3) is 0.455. The van der Waals surface area contributed by atoms with Crippen molar-refractivity contribution in [1.29, 1.82) is 0 Å². The van der Waals surface area contributed by atoms with Crippen LogP contribution in [0.2, 0.25) is 5.02 Å². The maximum absolute atomic E-state index is 10.9. The first-order valence-electron chi connectivity index (χ1n) is 9.52. The lowest BCUT2D eigenvalue weighted by Gasteiger charge is -2.28. The zero-order valence-electron chi connectivity index (χ0n) is 15.5. The molecule has 1 saturated heterocycles. The summed E-state index contributed by atoms with van der Waals surface area (Å²) in [5, 5.41) is 11.5. The molecule has 1 heterocycles. The lowest BCUT2D eigenvalue weighted by atomic mass is 9.92. The molecular formula is C22H28ClNO2. The molecule has 26 heavy (non-hydrogen) atoms. The Morgan fingerprint density at radius 3 is 2.31 bits per heavy atom. The molecule has 3 nitrogen and oxygen atoms in total. The fourth-order valence-electron chi connectivity index (χ4n) is 3.42. The quantitative estimate of drug-likeness (QED) is 0.714. The number of halogens is 1. The van der Waals surface area contributed by atoms with Crippen LogP contribution in [0.3, 0.4) is 0 Å². The van der Waals surface area contributed by atoms with Crippen molar-refractivity contribution in [2.45, 2.75) is 44.6 Å². The molecule has 0 spiro atoms. The van der Waals surface area contributed by atoms with Gasteiger partial charge in [-0.1, -0.05) is 48.7 Å². The van der Waals surface area contributed by atoms with E-state index in [0.29, 0.717) is 16.5 Å². The fourth-order valence-corrected chi connectivity index (χ4v) is 3.59. The van der Waals surface area contributed by atoms with Crippen LogP contribution >= 0.6 is 11.6 Å². The first-order valence-corrected chi connectivity index (χ1v) is 9.90. The van der Waals surface area contributed by atoms with Crippen LogP contribution in [0.1, 0.15) is 44.6 Å². The van der Waals surface area contributed by atoms with Gasteiger partial charge in [-0.2, -0.15) is 0 Å². The number of hydrogen-bond acceptors (Lipinski definition) is 3. The van der Waals surface area contributed by atoms with Gasteiger partial charge in [0.15, 0.2) is 0 Å². The minimum Gasteiger partial charge on any atom is -0.456 e. The van der Waals surface area contributed by atoms with Crippen molar-refractivity contribution in [1.82, 2.24) is 4.90 Å². The highest BCUT2D eigenvalue weighted by molar-refractivity contribution is 6.32. The maximum Gasteiger partial charge on any atom is 0.146 e. The number of hydrogen-bond donors (Lipinski definition) is 1. The number of likely N-dealkylation sites (tertiary alicyclic amines) is 1. The van der Waals surface area contributed by atoms with Gasteiger partial charge in [0.05, 0.1) is 10.6 Å². The smallest absolute Gasteiger partial charge is 0.146 e. The second-order valence-corrected chi connectivity index (χ2v) is 7.74. The van der Waals surface area contributed by atoms with E-state index in [0.717, 1.165) is 31.6 Å². The van der Waals surface area contributed by atoms with Gasteiger partial charge < -0.3 is 14.7 Å². The standard InChI is InChI=1S/C22H28ClNO2/c1-22(25,14-17-24-15-6-2-3-7-16-24)18-10-12-19(13-11-18)26-21-9-5-4-8-20(21)23/h4-5,8-13,25H,2-3,6-7,14-17H2,1H3. The van der Waals surface area contributed by atoms with Gasteiger partial charge in [-0.05, 0) is 69.1 Å². The number of aliphatic hydroxyl groups is 1. The van der Waals surface area contributed by atoms with Gasteiger partial charge in [-0.25, -0.2) is 0 Å². The second kappa shape index (κ2) is 8.90. The number of para-hydroxylation sites is 1. The van der Waals surface area contributed by atoms with Crippen molar-refractivity contribution < 1.29 is 9.84 Å². The van der Waals surface area contributed by atoms with Gasteiger partial charge in [-0.3, -0.25) is 0 Å². The van der Waals surface area contributed by atoms with E-state index in [1.54, 1.807) is 6.07 Å². The Kier molecular flexibility index (Phi) is 6.58. The third-order valence-corrected chi connectivity index (χ3v) is 5.47. The van der Waals surface area contributed by atoms with Crippen LogP contribution in [0.15, 0.2) is 48.5 Å². The van der Waals surface area contributed by atoms with E-state index in [1.807, 2.05) is 49.4 Å². The summed E-state index contributed by atoms with van der Waals surface area (Å²) in [6.45, 7) is 5.14. The maximum atomic E-state index is 10.9. The zero-order chi connectivity index (χ0) is 18.4. The van der Waals surface area contributed by atoms with Crippen molar-refractivity contribution in [3.63, 3.8) is 0 Å². The Morgan fingerprint density at radius 1 is 1.00 bits per heavy atom. The van der Waals surface area contributed by atoms with Crippen LogP contribution in [0.4, 0.5) is 0 Å². The number of ether oxygens (including phenoxy) is 1. The van der Waals surface area contributed by atoms with Gasteiger partial charge in [0.1, 0.15) is 11.5 Å². The summed E-state index contributed by atoms with van der Waals surface area (Å²) >= 11 is 6.13. The molecule has 2 aromatic rings. The average molecular weight is 374 g/mol. The average Bonchev–Trinajstić information content (AvgIpc) is 2.91. The Bertz CT molecular complexity index is 692. The van der Waals surface area contributed by atoms with Gasteiger partial charge in [0.25, 0.3) is 0 Å². The molecule has 3 rings (SSSR count). The van der Waals surface area contributed by atoms with Gasteiger partial charge in [0.2, 0.25) is 0 Å². The Hall–Kier alpha value is -1.55. The van der Waals surface area contributed by atoms with Crippen molar-refractivity contribution in [2.24, 2.45) is 0 Å². The van der Waals surface area contributed by atoms with Crippen LogP contribution < -0.4 is 4.74 Å². The van der Waals surface area contributed by atoms with Crippen LogP contribution in [-0.4, -0.2) is 29.6 Å². The summed E-state index contributed by atoms with van der Waals surface area (Å²) in [7, 11) is 0. The molecule has 1 atom stereocenters. The predicted octanol–water partition coefficient (Wildman–Crippen LogP) is 5.61. The molecule has 4 heteroatoms. The van der Waals surface area contributed by atoms with E-state index in [4.69, 9.17) is 16.3 Å². The SMILES string of the molecule is CC(O)(CCN1CCCCCC1)c1ccc(Oc2ccccc2Cl)cc1. The lowest BCUT2D eigenvalue weighted by molar-refractivity contribution is 0.0362. The molecule has 1 fully saturated rings. The van der Waals surface area contributed by atoms with Crippen molar-refractivity contribution >= 4 is 11.6 Å². The molecule has 2 aromatic carbocycles. The van der Waals surface area contributed by atoms with E-state index in [1.165, 1.54) is 25.7 Å². The van der Waals surface area contributed by atoms with E-state index in [9.17, 15) is 5.11 Å². The number of rotatable bonds is 6. The van der Waals surface area contributed by atoms with Gasteiger partial charge in [-0.15, -0.1) is 0 Å². The second-order valence-electron chi connectivity index (χ2n) is 7.34. The summed E-state index contributed by atoms with van der Waals surface area (Å²) < 4.78 is 5.82. The topological polar surface area (TPSA) is 32.7 Å². The largest absolute Gasteiger partial charge is 0.456 e. The highest BCUT2D eigenvalue weighted by atomic mass is 35.5. The zero-order valence-corrected chi connectivity index (χ0v) is 16.2. The molecule has 0 aliphatic carbocycles. The van der Waals surface area contributed by atoms with Gasteiger partial charge in [0, 0.05) is 6.54 Å². The Morgan fingerprint density at radius 2 is 1.65 bits per heavy atom. The molecule has 0 radical (unpaired) electrons. The molecule has 0 amide bonds. The molecule has 0 aromatic heterocycles. The van der Waals surface area contributed by atoms with E-state index < -0.39 is 5.60 Å². The Labute approximate surface area is 161 Å². The third kappa shape index (κ3) is 5.23.